The molecule has 2 amide bonds. The number of carboxylic acid groups (broad SMARTS) is 1. The Hall–Kier alpha value is -2.37. The van der Waals surface area contributed by atoms with Gasteiger partial charge in [-0.1, -0.05) is 17.7 Å². The van der Waals surface area contributed by atoms with Gasteiger partial charge in [-0.25, -0.2) is 4.79 Å². The molecule has 1 aromatic carbocycles. The second-order valence-electron chi connectivity index (χ2n) is 6.62. The Bertz CT molecular complexity index is 675. The fraction of sp³-hybridized carbons (Fsp3) is 0.500. The maximum absolute atomic E-state index is 12.5. The first-order chi connectivity index (χ1) is 11.1. The van der Waals surface area contributed by atoms with Crippen LogP contribution in [0.25, 0.3) is 0 Å². The van der Waals surface area contributed by atoms with Gasteiger partial charge in [-0.3, -0.25) is 9.59 Å². The van der Waals surface area contributed by atoms with Crippen molar-refractivity contribution >= 4 is 23.5 Å². The topological polar surface area (TPSA) is 77.9 Å². The highest BCUT2D eigenvalue weighted by atomic mass is 16.4. The van der Waals surface area contributed by atoms with E-state index < -0.39 is 17.9 Å². The second kappa shape index (κ2) is 6.63. The molecular formula is C18H24N2O4. The van der Waals surface area contributed by atoms with Gasteiger partial charge >= 0.3 is 5.97 Å². The summed E-state index contributed by atoms with van der Waals surface area (Å²) < 4.78 is 0. The molecule has 1 N–H and O–H groups in total. The standard InChI is InChI=1S/C18H24N2O4/c1-10-6-11(2)16(12(3)7-10)20-9-14(8-15(20)21)17(22)19(5)13(4)18(23)24/h6-7,13-14H,8-9H2,1-5H3,(H,23,24). The van der Waals surface area contributed by atoms with Crippen LogP contribution >= 0.6 is 0 Å². The Labute approximate surface area is 142 Å². The minimum atomic E-state index is -1.06. The normalized spacial score (nSPS) is 18.6. The quantitative estimate of drug-likeness (QED) is 0.913. The third-order valence-electron chi connectivity index (χ3n) is 4.67. The minimum absolute atomic E-state index is 0.0974. The largest absolute Gasteiger partial charge is 0.480 e. The number of anilines is 1. The summed E-state index contributed by atoms with van der Waals surface area (Å²) in [5.74, 6) is -1.97. The van der Waals surface area contributed by atoms with Crippen LogP contribution in [0.15, 0.2) is 12.1 Å². The number of likely N-dealkylation sites (N-methyl/N-ethyl adjacent to an activating group) is 1. The van der Waals surface area contributed by atoms with E-state index in [1.807, 2.05) is 32.9 Å². The van der Waals surface area contributed by atoms with Crippen LogP contribution in [0.3, 0.4) is 0 Å². The molecule has 0 saturated carbocycles. The van der Waals surface area contributed by atoms with Crippen LogP contribution in [-0.2, 0) is 14.4 Å². The number of carbonyl (C=O) groups excluding carboxylic acids is 2. The Morgan fingerprint density at radius 3 is 2.29 bits per heavy atom. The molecule has 2 rings (SSSR count). The van der Waals surface area contributed by atoms with E-state index in [0.717, 1.165) is 22.4 Å². The van der Waals surface area contributed by atoms with E-state index in [2.05, 4.69) is 0 Å². The molecule has 0 radical (unpaired) electrons. The molecular weight excluding hydrogens is 308 g/mol. The van der Waals surface area contributed by atoms with Gasteiger partial charge in [-0.15, -0.1) is 0 Å². The van der Waals surface area contributed by atoms with Crippen molar-refractivity contribution in [3.63, 3.8) is 0 Å². The van der Waals surface area contributed by atoms with Crippen LogP contribution in [0.4, 0.5) is 5.69 Å². The number of carbonyl (C=O) groups is 3. The van der Waals surface area contributed by atoms with Crippen molar-refractivity contribution in [2.75, 3.05) is 18.5 Å². The third-order valence-corrected chi connectivity index (χ3v) is 4.67. The number of nitrogens with zero attached hydrogens (tertiary/aromatic N) is 2. The van der Waals surface area contributed by atoms with E-state index in [1.165, 1.54) is 18.9 Å². The molecule has 0 aliphatic carbocycles. The fourth-order valence-corrected chi connectivity index (χ4v) is 3.33. The van der Waals surface area contributed by atoms with Crippen LogP contribution in [0, 0.1) is 26.7 Å². The molecule has 0 aromatic heterocycles. The molecule has 0 bridgehead atoms. The lowest BCUT2D eigenvalue weighted by atomic mass is 10.0. The van der Waals surface area contributed by atoms with E-state index in [4.69, 9.17) is 5.11 Å². The Morgan fingerprint density at radius 1 is 1.25 bits per heavy atom. The van der Waals surface area contributed by atoms with Crippen LogP contribution in [0.2, 0.25) is 0 Å². The zero-order valence-electron chi connectivity index (χ0n) is 14.8. The zero-order valence-corrected chi connectivity index (χ0v) is 14.8. The van der Waals surface area contributed by atoms with Gasteiger partial charge in [0.15, 0.2) is 0 Å². The summed E-state index contributed by atoms with van der Waals surface area (Å²) in [5.41, 5.74) is 3.99. The first-order valence-corrected chi connectivity index (χ1v) is 8.01. The number of carboxylic acids is 1. The van der Waals surface area contributed by atoms with Gasteiger partial charge in [-0.05, 0) is 38.8 Å². The minimum Gasteiger partial charge on any atom is -0.480 e. The summed E-state index contributed by atoms with van der Waals surface area (Å²) in [6.07, 6.45) is 0.113. The van der Waals surface area contributed by atoms with E-state index in [-0.39, 0.29) is 18.2 Å². The molecule has 1 fully saturated rings. The number of aryl methyl sites for hydroxylation is 3. The van der Waals surface area contributed by atoms with Gasteiger partial charge in [0.25, 0.3) is 0 Å². The molecule has 6 nitrogen and oxygen atoms in total. The average molecular weight is 332 g/mol. The molecule has 0 spiro atoms. The van der Waals surface area contributed by atoms with Crippen molar-refractivity contribution in [3.8, 4) is 0 Å². The highest BCUT2D eigenvalue weighted by Gasteiger charge is 2.39. The molecule has 24 heavy (non-hydrogen) atoms. The zero-order chi connectivity index (χ0) is 18.2. The van der Waals surface area contributed by atoms with Crippen LogP contribution in [0.5, 0.6) is 0 Å². The molecule has 1 heterocycles. The van der Waals surface area contributed by atoms with Gasteiger partial charge in [0.05, 0.1) is 5.92 Å². The summed E-state index contributed by atoms with van der Waals surface area (Å²) >= 11 is 0. The molecule has 1 aliphatic heterocycles. The number of hydrogen-bond acceptors (Lipinski definition) is 3. The average Bonchev–Trinajstić information content (AvgIpc) is 2.85. The van der Waals surface area contributed by atoms with E-state index in [9.17, 15) is 14.4 Å². The smallest absolute Gasteiger partial charge is 0.326 e. The summed E-state index contributed by atoms with van der Waals surface area (Å²) in [6.45, 7) is 7.67. The SMILES string of the molecule is Cc1cc(C)c(N2CC(C(=O)N(C)C(C)C(=O)O)CC2=O)c(C)c1. The lowest BCUT2D eigenvalue weighted by Crippen LogP contribution is -2.44. The molecule has 130 valence electrons. The molecule has 6 heteroatoms. The van der Waals surface area contributed by atoms with Crippen LogP contribution in [0.1, 0.15) is 30.0 Å². The summed E-state index contributed by atoms with van der Waals surface area (Å²) in [6, 6.07) is 3.12. The van der Waals surface area contributed by atoms with Gasteiger partial charge in [0.2, 0.25) is 11.8 Å². The summed E-state index contributed by atoms with van der Waals surface area (Å²) in [4.78, 5) is 38.9. The molecule has 1 aliphatic rings. The van der Waals surface area contributed by atoms with E-state index in [1.54, 1.807) is 4.90 Å². The Morgan fingerprint density at radius 2 is 1.79 bits per heavy atom. The number of benzene rings is 1. The van der Waals surface area contributed by atoms with Crippen molar-refractivity contribution in [2.24, 2.45) is 5.92 Å². The lowest BCUT2D eigenvalue weighted by molar-refractivity contribution is -0.149. The predicted molar refractivity (Wildman–Crippen MR) is 91.0 cm³/mol. The molecule has 2 unspecified atom stereocenters. The van der Waals surface area contributed by atoms with Gasteiger partial charge < -0.3 is 14.9 Å². The van der Waals surface area contributed by atoms with Crippen molar-refractivity contribution in [3.05, 3.63) is 28.8 Å². The number of aliphatic carboxylic acids is 1. The Balaban J connectivity index is 2.23. The van der Waals surface area contributed by atoms with E-state index >= 15 is 0 Å². The van der Waals surface area contributed by atoms with E-state index in [0.29, 0.717) is 6.54 Å². The molecule has 1 saturated heterocycles. The van der Waals surface area contributed by atoms with Crippen LogP contribution in [-0.4, -0.2) is 47.4 Å². The maximum Gasteiger partial charge on any atom is 0.326 e. The lowest BCUT2D eigenvalue weighted by Gasteiger charge is -2.25. The van der Waals surface area contributed by atoms with Gasteiger partial charge in [0.1, 0.15) is 6.04 Å². The predicted octanol–water partition coefficient (Wildman–Crippen LogP) is 1.90. The second-order valence-corrected chi connectivity index (χ2v) is 6.62. The van der Waals surface area contributed by atoms with Gasteiger partial charge in [0, 0.05) is 25.7 Å². The first-order valence-electron chi connectivity index (χ1n) is 8.01. The number of rotatable bonds is 4. The monoisotopic (exact) mass is 332 g/mol. The Kier molecular flexibility index (Phi) is 4.96. The number of amides is 2. The van der Waals surface area contributed by atoms with Crippen LogP contribution < -0.4 is 4.90 Å². The van der Waals surface area contributed by atoms with Crippen molar-refractivity contribution in [2.45, 2.75) is 40.2 Å². The first kappa shape index (κ1) is 18.0. The molecule has 1 aromatic rings. The van der Waals surface area contributed by atoms with Crippen molar-refractivity contribution < 1.29 is 19.5 Å². The van der Waals surface area contributed by atoms with Gasteiger partial charge in [-0.2, -0.15) is 0 Å². The highest BCUT2D eigenvalue weighted by molar-refractivity contribution is 6.01. The summed E-state index contributed by atoms with van der Waals surface area (Å²) in [7, 11) is 1.47. The molecule has 2 atom stereocenters. The highest BCUT2D eigenvalue weighted by Crippen LogP contribution is 2.32. The number of hydrogen-bond donors (Lipinski definition) is 1. The fourth-order valence-electron chi connectivity index (χ4n) is 3.33. The summed E-state index contributed by atoms with van der Waals surface area (Å²) in [5, 5.41) is 9.05. The maximum atomic E-state index is 12.5. The van der Waals surface area contributed by atoms with Crippen molar-refractivity contribution in [1.82, 2.24) is 4.90 Å². The third kappa shape index (κ3) is 3.27. The van der Waals surface area contributed by atoms with Crippen molar-refractivity contribution in [1.29, 1.82) is 0 Å².